The van der Waals surface area contributed by atoms with E-state index in [2.05, 4.69) is 4.90 Å². The maximum atomic E-state index is 6.10. The largest absolute Gasteiger partial charge is 0.493 e. The molecule has 0 unspecified atom stereocenters. The van der Waals surface area contributed by atoms with Crippen molar-refractivity contribution in [3.8, 4) is 11.5 Å². The average Bonchev–Trinajstić information content (AvgIpc) is 2.39. The van der Waals surface area contributed by atoms with Gasteiger partial charge in [-0.1, -0.05) is 11.6 Å². The van der Waals surface area contributed by atoms with Crippen LogP contribution in [0.2, 0.25) is 5.02 Å². The average molecular weight is 272 g/mol. The van der Waals surface area contributed by atoms with E-state index < -0.39 is 0 Å². The van der Waals surface area contributed by atoms with E-state index in [4.69, 9.17) is 25.8 Å². The number of hydrogen-bond donors (Lipinski definition) is 0. The van der Waals surface area contributed by atoms with Crippen molar-refractivity contribution in [3.05, 3.63) is 22.7 Å². The van der Waals surface area contributed by atoms with Gasteiger partial charge in [0.25, 0.3) is 0 Å². The van der Waals surface area contributed by atoms with Crippen LogP contribution < -0.4 is 9.47 Å². The Morgan fingerprint density at radius 1 is 1.22 bits per heavy atom. The predicted octanol–water partition coefficient (Wildman–Crippen LogP) is 2.19. The minimum Gasteiger partial charge on any atom is -0.493 e. The van der Waals surface area contributed by atoms with Crippen LogP contribution in [0.4, 0.5) is 0 Å². The summed E-state index contributed by atoms with van der Waals surface area (Å²) in [4.78, 5) is 2.32. The third-order valence-electron chi connectivity index (χ3n) is 3.02. The maximum absolute atomic E-state index is 6.10. The molecule has 0 saturated carbocycles. The molecule has 2 rings (SSSR count). The Bertz CT molecular complexity index is 405. The van der Waals surface area contributed by atoms with Crippen molar-refractivity contribution in [1.82, 2.24) is 4.90 Å². The van der Waals surface area contributed by atoms with E-state index in [9.17, 15) is 0 Å². The van der Waals surface area contributed by atoms with Crippen LogP contribution in [0, 0.1) is 0 Å². The van der Waals surface area contributed by atoms with Crippen molar-refractivity contribution in [2.75, 3.05) is 40.5 Å². The lowest BCUT2D eigenvalue weighted by atomic mass is 10.1. The molecule has 1 fully saturated rings. The third-order valence-corrected chi connectivity index (χ3v) is 3.24. The van der Waals surface area contributed by atoms with Gasteiger partial charge in [-0.3, -0.25) is 4.90 Å². The van der Waals surface area contributed by atoms with Gasteiger partial charge in [-0.2, -0.15) is 0 Å². The van der Waals surface area contributed by atoms with Crippen LogP contribution in [-0.4, -0.2) is 45.4 Å². The summed E-state index contributed by atoms with van der Waals surface area (Å²) in [5.74, 6) is 1.43. The van der Waals surface area contributed by atoms with E-state index in [0.29, 0.717) is 10.8 Å². The van der Waals surface area contributed by atoms with Crippen molar-refractivity contribution in [1.29, 1.82) is 0 Å². The molecule has 0 amide bonds. The van der Waals surface area contributed by atoms with Gasteiger partial charge in [-0.25, -0.2) is 0 Å². The first-order valence-electron chi connectivity index (χ1n) is 5.95. The molecular weight excluding hydrogens is 254 g/mol. The number of nitrogens with zero attached hydrogens (tertiary/aromatic N) is 1. The van der Waals surface area contributed by atoms with Gasteiger partial charge in [0.15, 0.2) is 11.5 Å². The lowest BCUT2D eigenvalue weighted by Gasteiger charge is -2.27. The molecule has 0 atom stereocenters. The number of benzene rings is 1. The quantitative estimate of drug-likeness (QED) is 0.840. The summed E-state index contributed by atoms with van der Waals surface area (Å²) in [5, 5.41) is 0.663. The molecule has 4 nitrogen and oxygen atoms in total. The summed E-state index contributed by atoms with van der Waals surface area (Å²) in [6.07, 6.45) is 0. The van der Waals surface area contributed by atoms with Crippen LogP contribution in [0.5, 0.6) is 11.5 Å². The molecule has 1 aliphatic heterocycles. The first-order chi connectivity index (χ1) is 8.74. The van der Waals surface area contributed by atoms with E-state index in [1.54, 1.807) is 20.3 Å². The summed E-state index contributed by atoms with van der Waals surface area (Å²) in [6, 6.07) is 3.70. The second-order valence-corrected chi connectivity index (χ2v) is 4.63. The molecule has 0 N–H and O–H groups in total. The number of ether oxygens (including phenoxy) is 3. The van der Waals surface area contributed by atoms with Crippen LogP contribution in [0.25, 0.3) is 0 Å². The molecule has 1 aromatic carbocycles. The zero-order valence-corrected chi connectivity index (χ0v) is 11.5. The van der Waals surface area contributed by atoms with Crippen LogP contribution >= 0.6 is 11.6 Å². The minimum atomic E-state index is 0.663. The minimum absolute atomic E-state index is 0.663. The van der Waals surface area contributed by atoms with Crippen molar-refractivity contribution in [3.63, 3.8) is 0 Å². The van der Waals surface area contributed by atoms with Crippen LogP contribution in [0.1, 0.15) is 5.56 Å². The number of halogens is 1. The number of morpholine rings is 1. The van der Waals surface area contributed by atoms with Gasteiger partial charge in [0.05, 0.1) is 27.4 Å². The first kappa shape index (κ1) is 13.5. The van der Waals surface area contributed by atoms with Crippen molar-refractivity contribution in [2.24, 2.45) is 0 Å². The second-order valence-electron chi connectivity index (χ2n) is 4.19. The molecule has 100 valence electrons. The summed E-state index contributed by atoms with van der Waals surface area (Å²) < 4.78 is 16.1. The molecule has 18 heavy (non-hydrogen) atoms. The maximum Gasteiger partial charge on any atom is 0.165 e. The number of rotatable bonds is 4. The Balaban J connectivity index is 2.21. The highest BCUT2D eigenvalue weighted by Crippen LogP contribution is 2.35. The van der Waals surface area contributed by atoms with Crippen molar-refractivity contribution >= 4 is 11.6 Å². The summed E-state index contributed by atoms with van der Waals surface area (Å²) in [5.41, 5.74) is 1.05. The first-order valence-corrected chi connectivity index (χ1v) is 6.33. The van der Waals surface area contributed by atoms with E-state index in [1.807, 2.05) is 6.07 Å². The highest BCUT2D eigenvalue weighted by molar-refractivity contribution is 6.30. The number of hydrogen-bond acceptors (Lipinski definition) is 4. The highest BCUT2D eigenvalue weighted by atomic mass is 35.5. The smallest absolute Gasteiger partial charge is 0.165 e. The fraction of sp³-hybridized carbons (Fsp3) is 0.538. The van der Waals surface area contributed by atoms with Gasteiger partial charge in [0, 0.05) is 36.3 Å². The third kappa shape index (κ3) is 3.07. The van der Waals surface area contributed by atoms with E-state index in [1.165, 1.54) is 0 Å². The van der Waals surface area contributed by atoms with Gasteiger partial charge in [0.1, 0.15) is 0 Å². The van der Waals surface area contributed by atoms with Gasteiger partial charge < -0.3 is 14.2 Å². The Labute approximate surface area is 112 Å². The molecule has 1 saturated heterocycles. The zero-order chi connectivity index (χ0) is 13.0. The van der Waals surface area contributed by atoms with Crippen LogP contribution in [0.15, 0.2) is 12.1 Å². The van der Waals surface area contributed by atoms with Gasteiger partial charge in [0.2, 0.25) is 0 Å². The molecule has 1 aromatic rings. The fourth-order valence-electron chi connectivity index (χ4n) is 2.12. The van der Waals surface area contributed by atoms with Gasteiger partial charge in [-0.05, 0) is 6.07 Å². The Hall–Kier alpha value is -0.970. The summed E-state index contributed by atoms with van der Waals surface area (Å²) >= 11 is 6.10. The zero-order valence-electron chi connectivity index (χ0n) is 10.7. The molecule has 1 heterocycles. The van der Waals surface area contributed by atoms with Crippen LogP contribution in [-0.2, 0) is 11.3 Å². The summed E-state index contributed by atoms with van der Waals surface area (Å²) in [6.45, 7) is 4.21. The lowest BCUT2D eigenvalue weighted by Crippen LogP contribution is -2.35. The Kier molecular flexibility index (Phi) is 4.69. The van der Waals surface area contributed by atoms with E-state index in [0.717, 1.165) is 44.2 Å². The van der Waals surface area contributed by atoms with Crippen LogP contribution in [0.3, 0.4) is 0 Å². The molecule has 0 bridgehead atoms. The van der Waals surface area contributed by atoms with E-state index in [-0.39, 0.29) is 0 Å². The topological polar surface area (TPSA) is 30.9 Å². The standard InChI is InChI=1S/C13H18ClNO3/c1-16-12-8-11(14)7-10(13(12)17-2)9-15-3-5-18-6-4-15/h7-8H,3-6,9H2,1-2H3. The molecule has 1 aliphatic rings. The molecule has 0 aliphatic carbocycles. The highest BCUT2D eigenvalue weighted by Gasteiger charge is 2.16. The Morgan fingerprint density at radius 2 is 1.94 bits per heavy atom. The normalized spacial score (nSPS) is 16.6. The molecule has 5 heteroatoms. The Morgan fingerprint density at radius 3 is 2.56 bits per heavy atom. The van der Waals surface area contributed by atoms with Crippen molar-refractivity contribution in [2.45, 2.75) is 6.54 Å². The number of methoxy groups -OCH3 is 2. The fourth-order valence-corrected chi connectivity index (χ4v) is 2.35. The molecule has 0 aromatic heterocycles. The van der Waals surface area contributed by atoms with Gasteiger partial charge >= 0.3 is 0 Å². The van der Waals surface area contributed by atoms with E-state index >= 15 is 0 Å². The van der Waals surface area contributed by atoms with Gasteiger partial charge in [-0.15, -0.1) is 0 Å². The molecule has 0 spiro atoms. The van der Waals surface area contributed by atoms with Crippen molar-refractivity contribution < 1.29 is 14.2 Å². The monoisotopic (exact) mass is 271 g/mol. The molecular formula is C13H18ClNO3. The molecule has 0 radical (unpaired) electrons. The lowest BCUT2D eigenvalue weighted by molar-refractivity contribution is 0.0338. The predicted molar refractivity (Wildman–Crippen MR) is 70.7 cm³/mol. The second kappa shape index (κ2) is 6.27. The summed E-state index contributed by atoms with van der Waals surface area (Å²) in [7, 11) is 3.27. The SMILES string of the molecule is COc1cc(Cl)cc(CN2CCOCC2)c1OC.